The molecule has 10 heteroatoms. The van der Waals surface area contributed by atoms with Gasteiger partial charge in [-0.2, -0.15) is 0 Å². The van der Waals surface area contributed by atoms with Crippen molar-refractivity contribution in [3.05, 3.63) is 54.1 Å². The average Bonchev–Trinajstić information content (AvgIpc) is 2.86. The van der Waals surface area contributed by atoms with Crippen molar-refractivity contribution >= 4 is 27.5 Å². The van der Waals surface area contributed by atoms with Crippen molar-refractivity contribution in [1.82, 2.24) is 10.2 Å². The van der Waals surface area contributed by atoms with Gasteiger partial charge in [0.2, 0.25) is 21.8 Å². The molecule has 0 aliphatic heterocycles. The number of carbonyl (C=O) groups excluding carboxylic acids is 2. The van der Waals surface area contributed by atoms with Gasteiger partial charge in [-0.3, -0.25) is 13.9 Å². The van der Waals surface area contributed by atoms with Crippen molar-refractivity contribution in [3.8, 4) is 11.5 Å². The van der Waals surface area contributed by atoms with E-state index in [-0.39, 0.29) is 12.5 Å². The van der Waals surface area contributed by atoms with Gasteiger partial charge < -0.3 is 19.7 Å². The number of benzene rings is 2. The molecule has 0 heterocycles. The Morgan fingerprint density at radius 2 is 1.72 bits per heavy atom. The molecule has 0 aliphatic rings. The summed E-state index contributed by atoms with van der Waals surface area (Å²) in [4.78, 5) is 28.1. The molecule has 0 saturated carbocycles. The second-order valence-electron chi connectivity index (χ2n) is 8.28. The molecule has 2 amide bonds. The lowest BCUT2D eigenvalue weighted by Crippen LogP contribution is -2.52. The number of ether oxygens (including phenoxy) is 2. The zero-order valence-electron chi connectivity index (χ0n) is 21.7. The molecule has 1 atom stereocenters. The summed E-state index contributed by atoms with van der Waals surface area (Å²) < 4.78 is 37.1. The number of nitrogens with one attached hydrogen (secondary N) is 1. The maximum Gasteiger partial charge on any atom is 0.244 e. The van der Waals surface area contributed by atoms with E-state index in [1.165, 1.54) is 4.90 Å². The molecule has 2 rings (SSSR count). The summed E-state index contributed by atoms with van der Waals surface area (Å²) in [6.45, 7) is 6.25. The molecule has 0 aliphatic carbocycles. The van der Waals surface area contributed by atoms with Crippen LogP contribution in [0, 0.1) is 0 Å². The lowest BCUT2D eigenvalue weighted by Gasteiger charge is -2.33. The first-order valence-electron chi connectivity index (χ1n) is 12.0. The summed E-state index contributed by atoms with van der Waals surface area (Å²) in [5, 5.41) is 2.86. The van der Waals surface area contributed by atoms with Gasteiger partial charge in [-0.1, -0.05) is 26.0 Å². The van der Waals surface area contributed by atoms with Crippen molar-refractivity contribution in [2.24, 2.45) is 0 Å². The number of hydrogen-bond acceptors (Lipinski definition) is 6. The van der Waals surface area contributed by atoms with Crippen LogP contribution in [0.15, 0.2) is 48.5 Å². The van der Waals surface area contributed by atoms with Gasteiger partial charge in [0.1, 0.15) is 24.1 Å². The van der Waals surface area contributed by atoms with Crippen molar-refractivity contribution < 1.29 is 27.5 Å². The quantitative estimate of drug-likeness (QED) is 0.411. The van der Waals surface area contributed by atoms with E-state index in [4.69, 9.17) is 9.47 Å². The van der Waals surface area contributed by atoms with Crippen LogP contribution >= 0.6 is 0 Å². The number of carbonyl (C=O) groups is 2. The highest BCUT2D eigenvalue weighted by molar-refractivity contribution is 7.92. The first-order chi connectivity index (χ1) is 17.1. The van der Waals surface area contributed by atoms with Crippen LogP contribution in [0.3, 0.4) is 0 Å². The molecule has 9 nitrogen and oxygen atoms in total. The lowest BCUT2D eigenvalue weighted by molar-refractivity contribution is -0.140. The van der Waals surface area contributed by atoms with E-state index in [1.54, 1.807) is 49.6 Å². The van der Waals surface area contributed by atoms with Crippen molar-refractivity contribution in [2.75, 3.05) is 37.4 Å². The van der Waals surface area contributed by atoms with Crippen LogP contribution in [0.4, 0.5) is 5.69 Å². The van der Waals surface area contributed by atoms with Crippen LogP contribution in [0.1, 0.15) is 39.2 Å². The second kappa shape index (κ2) is 13.7. The molecule has 0 aromatic heterocycles. The highest BCUT2D eigenvalue weighted by Crippen LogP contribution is 2.23. The number of amides is 2. The Kier molecular flexibility index (Phi) is 11.0. The third kappa shape index (κ3) is 8.15. The molecular formula is C26H37N3O6S. The van der Waals surface area contributed by atoms with Gasteiger partial charge in [0, 0.05) is 13.1 Å². The topological polar surface area (TPSA) is 105 Å². The Balaban J connectivity index is 2.41. The average molecular weight is 520 g/mol. The Labute approximate surface area is 214 Å². The fourth-order valence-electron chi connectivity index (χ4n) is 3.74. The highest BCUT2D eigenvalue weighted by Gasteiger charge is 2.31. The molecule has 2 aromatic carbocycles. The van der Waals surface area contributed by atoms with Gasteiger partial charge >= 0.3 is 0 Å². The Bertz CT molecular complexity index is 1100. The van der Waals surface area contributed by atoms with Crippen LogP contribution < -0.4 is 19.1 Å². The monoisotopic (exact) mass is 519 g/mol. The number of sulfonamides is 1. The standard InChI is InChI=1S/C26H37N3O6S/c1-6-16-27-26(31)24(7-2)28(18-20-10-9-11-23(17-20)34-4)25(30)19-29(36(5,32)33)21-12-14-22(15-13-21)35-8-3/h9-15,17,24H,6-8,16,18-19H2,1-5H3,(H,27,31)/t24-/m0/s1. The number of anilines is 1. The normalized spacial score (nSPS) is 11.9. The summed E-state index contributed by atoms with van der Waals surface area (Å²) in [7, 11) is -2.25. The smallest absolute Gasteiger partial charge is 0.244 e. The van der Waals surface area contributed by atoms with E-state index < -0.39 is 28.5 Å². The lowest BCUT2D eigenvalue weighted by atomic mass is 10.1. The van der Waals surface area contributed by atoms with Crippen LogP contribution in [-0.2, 0) is 26.2 Å². The Morgan fingerprint density at radius 1 is 1.03 bits per heavy atom. The molecule has 0 radical (unpaired) electrons. The van der Waals surface area contributed by atoms with E-state index in [0.717, 1.165) is 22.5 Å². The largest absolute Gasteiger partial charge is 0.497 e. The fraction of sp³-hybridized carbons (Fsp3) is 0.462. The van der Waals surface area contributed by atoms with Crippen LogP contribution in [0.5, 0.6) is 11.5 Å². The molecule has 0 saturated heterocycles. The van der Waals surface area contributed by atoms with Crippen molar-refractivity contribution in [3.63, 3.8) is 0 Å². The molecule has 1 N–H and O–H groups in total. The summed E-state index contributed by atoms with van der Waals surface area (Å²) in [6, 6.07) is 12.9. The fourth-order valence-corrected chi connectivity index (χ4v) is 4.59. The Hall–Kier alpha value is -3.27. The zero-order chi connectivity index (χ0) is 26.7. The maximum absolute atomic E-state index is 13.7. The van der Waals surface area contributed by atoms with Crippen LogP contribution in [0.25, 0.3) is 0 Å². The van der Waals surface area contributed by atoms with E-state index in [1.807, 2.05) is 26.8 Å². The van der Waals surface area contributed by atoms with Gasteiger partial charge in [0.25, 0.3) is 0 Å². The number of nitrogens with zero attached hydrogens (tertiary/aromatic N) is 2. The van der Waals surface area contributed by atoms with Gasteiger partial charge in [0.15, 0.2) is 0 Å². The minimum Gasteiger partial charge on any atom is -0.497 e. The predicted octanol–water partition coefficient (Wildman–Crippen LogP) is 3.19. The van der Waals surface area contributed by atoms with Gasteiger partial charge in [-0.05, 0) is 61.7 Å². The predicted molar refractivity (Wildman–Crippen MR) is 141 cm³/mol. The first kappa shape index (κ1) is 29.0. The summed E-state index contributed by atoms with van der Waals surface area (Å²) in [6.07, 6.45) is 2.17. The van der Waals surface area contributed by atoms with E-state index in [2.05, 4.69) is 5.32 Å². The molecular weight excluding hydrogens is 482 g/mol. The molecule has 2 aromatic rings. The van der Waals surface area contributed by atoms with E-state index in [9.17, 15) is 18.0 Å². The molecule has 0 unspecified atom stereocenters. The number of methoxy groups -OCH3 is 1. The molecule has 198 valence electrons. The zero-order valence-corrected chi connectivity index (χ0v) is 22.5. The second-order valence-corrected chi connectivity index (χ2v) is 10.2. The molecule has 0 fully saturated rings. The minimum absolute atomic E-state index is 0.120. The highest BCUT2D eigenvalue weighted by atomic mass is 32.2. The summed E-state index contributed by atoms with van der Waals surface area (Å²) in [5.74, 6) is 0.452. The molecule has 0 bridgehead atoms. The van der Waals surface area contributed by atoms with E-state index in [0.29, 0.717) is 36.8 Å². The van der Waals surface area contributed by atoms with Crippen LogP contribution in [0.2, 0.25) is 0 Å². The third-order valence-corrected chi connectivity index (χ3v) is 6.68. The number of hydrogen-bond donors (Lipinski definition) is 1. The van der Waals surface area contributed by atoms with Gasteiger partial charge in [0.05, 0.1) is 25.7 Å². The summed E-state index contributed by atoms with van der Waals surface area (Å²) >= 11 is 0. The summed E-state index contributed by atoms with van der Waals surface area (Å²) in [5.41, 5.74) is 1.09. The Morgan fingerprint density at radius 3 is 2.28 bits per heavy atom. The van der Waals surface area contributed by atoms with Gasteiger partial charge in [-0.15, -0.1) is 0 Å². The number of rotatable bonds is 14. The van der Waals surface area contributed by atoms with E-state index >= 15 is 0 Å². The maximum atomic E-state index is 13.7. The third-order valence-electron chi connectivity index (χ3n) is 5.54. The molecule has 36 heavy (non-hydrogen) atoms. The van der Waals surface area contributed by atoms with Crippen molar-refractivity contribution in [2.45, 2.75) is 46.2 Å². The van der Waals surface area contributed by atoms with Crippen molar-refractivity contribution in [1.29, 1.82) is 0 Å². The van der Waals surface area contributed by atoms with Crippen LogP contribution in [-0.4, -0.2) is 64.2 Å². The minimum atomic E-state index is -3.80. The molecule has 0 spiro atoms. The first-order valence-corrected chi connectivity index (χ1v) is 13.9. The SMILES string of the molecule is CCCNC(=O)[C@H](CC)N(Cc1cccc(OC)c1)C(=O)CN(c1ccc(OCC)cc1)S(C)(=O)=O. The van der Waals surface area contributed by atoms with Gasteiger partial charge in [-0.25, -0.2) is 8.42 Å².